The molecule has 13 nitrogen and oxygen atoms in total. The first-order chi connectivity index (χ1) is 24.4. The molecule has 3 N–H and O–H groups in total. The number of fused-ring (bicyclic) bond motifs is 5. The maximum Gasteiger partial charge on any atom is 0.422 e. The predicted octanol–water partition coefficient (Wildman–Crippen LogP) is 1.50. The van der Waals surface area contributed by atoms with Gasteiger partial charge in [-0.05, 0) is 28.3 Å². The van der Waals surface area contributed by atoms with Gasteiger partial charge in [-0.3, -0.25) is 19.2 Å². The number of amides is 2. The van der Waals surface area contributed by atoms with Crippen LogP contribution in [0.15, 0.2) is 54.6 Å². The summed E-state index contributed by atoms with van der Waals surface area (Å²) in [4.78, 5) is 59.0. The maximum atomic E-state index is 14.4. The molecule has 5 aliphatic rings. The van der Waals surface area contributed by atoms with Crippen LogP contribution in [0.25, 0.3) is 6.08 Å². The van der Waals surface area contributed by atoms with Gasteiger partial charge >= 0.3 is 18.1 Å². The van der Waals surface area contributed by atoms with E-state index in [1.165, 1.54) is 11.1 Å². The first-order valence-corrected chi connectivity index (χ1v) is 16.6. The lowest BCUT2D eigenvalue weighted by atomic mass is 9.62. The van der Waals surface area contributed by atoms with E-state index in [0.29, 0.717) is 24.0 Å². The summed E-state index contributed by atoms with van der Waals surface area (Å²) in [6.45, 7) is -2.05. The fourth-order valence-corrected chi connectivity index (χ4v) is 7.86. The molecule has 0 aromatic heterocycles. The van der Waals surface area contributed by atoms with E-state index in [1.54, 1.807) is 24.3 Å². The lowest BCUT2D eigenvalue weighted by molar-refractivity contribution is -0.217. The zero-order valence-electron chi connectivity index (χ0n) is 27.2. The Bertz CT molecular complexity index is 1710. The molecule has 0 radical (unpaired) electrons. The van der Waals surface area contributed by atoms with Crippen LogP contribution in [0, 0.1) is 5.41 Å². The molecule has 3 aliphatic heterocycles. The number of hydroxylamine groups is 2. The summed E-state index contributed by atoms with van der Waals surface area (Å²) in [5.41, 5.74) is 1.54. The molecule has 16 heteroatoms. The fourth-order valence-electron chi connectivity index (χ4n) is 7.86. The van der Waals surface area contributed by atoms with Crippen molar-refractivity contribution in [1.29, 1.82) is 0 Å². The number of nitrogens with zero attached hydrogens (tertiary/aromatic N) is 1. The van der Waals surface area contributed by atoms with Crippen molar-refractivity contribution in [1.82, 2.24) is 15.7 Å². The Morgan fingerprint density at radius 2 is 1.71 bits per heavy atom. The van der Waals surface area contributed by atoms with Crippen molar-refractivity contribution < 1.29 is 61.2 Å². The van der Waals surface area contributed by atoms with E-state index in [2.05, 4.69) is 15.4 Å². The number of hydrogen-bond donors (Lipinski definition) is 3. The normalized spacial score (nSPS) is 28.7. The third-order valence-corrected chi connectivity index (χ3v) is 9.94. The molecule has 2 bridgehead atoms. The average molecular weight is 716 g/mol. The van der Waals surface area contributed by atoms with Crippen molar-refractivity contribution in [2.24, 2.45) is 5.41 Å². The van der Waals surface area contributed by atoms with E-state index >= 15 is 0 Å². The van der Waals surface area contributed by atoms with Gasteiger partial charge in [0, 0.05) is 44.8 Å². The number of aliphatic hydroxyl groups excluding tert-OH is 1. The van der Waals surface area contributed by atoms with Crippen molar-refractivity contribution in [3.8, 4) is 0 Å². The Balaban J connectivity index is 1.17. The van der Waals surface area contributed by atoms with Gasteiger partial charge in [0.15, 0.2) is 18.4 Å². The number of carbonyl (C=O) groups is 4. The molecule has 3 heterocycles. The van der Waals surface area contributed by atoms with Crippen LogP contribution in [-0.2, 0) is 62.3 Å². The number of aliphatic hydroxyl groups is 1. The maximum absolute atomic E-state index is 14.4. The molecule has 51 heavy (non-hydrogen) atoms. The van der Waals surface area contributed by atoms with Crippen LogP contribution in [0.3, 0.4) is 0 Å². The van der Waals surface area contributed by atoms with Gasteiger partial charge < -0.3 is 34.7 Å². The van der Waals surface area contributed by atoms with E-state index in [4.69, 9.17) is 24.2 Å². The number of nitrogens with one attached hydrogen (secondary N) is 2. The minimum Gasteiger partial charge on any atom is -0.458 e. The predicted molar refractivity (Wildman–Crippen MR) is 168 cm³/mol. The highest BCUT2D eigenvalue weighted by Gasteiger charge is 2.76. The van der Waals surface area contributed by atoms with Crippen LogP contribution in [0.5, 0.6) is 0 Å². The number of benzene rings is 2. The number of carbonyl (C=O) groups excluding carboxylic acids is 4. The number of halogens is 3. The first-order valence-electron chi connectivity index (χ1n) is 16.6. The Labute approximate surface area is 289 Å². The first kappa shape index (κ1) is 35.1. The quantitative estimate of drug-likeness (QED) is 0.229. The molecular formula is C35H36F3N3O10. The third kappa shape index (κ3) is 6.73. The van der Waals surface area contributed by atoms with Crippen LogP contribution in [0.1, 0.15) is 35.1 Å². The van der Waals surface area contributed by atoms with Crippen LogP contribution >= 0.6 is 0 Å². The van der Waals surface area contributed by atoms with E-state index in [0.717, 1.165) is 17.2 Å². The third-order valence-electron chi connectivity index (χ3n) is 9.94. The summed E-state index contributed by atoms with van der Waals surface area (Å²) >= 11 is 0. The molecule has 7 rings (SSSR count). The summed E-state index contributed by atoms with van der Waals surface area (Å²) < 4.78 is 61.2. The zero-order valence-corrected chi connectivity index (χ0v) is 27.2. The number of rotatable bonds is 11. The van der Waals surface area contributed by atoms with E-state index in [1.807, 2.05) is 24.3 Å². The molecule has 2 aromatic rings. The van der Waals surface area contributed by atoms with Gasteiger partial charge in [0.25, 0.3) is 0 Å². The van der Waals surface area contributed by atoms with Crippen molar-refractivity contribution in [2.45, 2.75) is 74.6 Å². The summed E-state index contributed by atoms with van der Waals surface area (Å²) in [5.74, 6) is -3.88. The number of alkyl halides is 3. The second kappa shape index (κ2) is 13.7. The fraction of sp³-hybridized carbons (Fsp3) is 0.486. The van der Waals surface area contributed by atoms with Crippen molar-refractivity contribution >= 4 is 29.8 Å². The number of hydrogen-bond acceptors (Lipinski definition) is 11. The van der Waals surface area contributed by atoms with Gasteiger partial charge in [-0.2, -0.15) is 18.2 Å². The van der Waals surface area contributed by atoms with Gasteiger partial charge in [-0.15, -0.1) is 0 Å². The van der Waals surface area contributed by atoms with Crippen LogP contribution in [0.4, 0.5) is 13.2 Å². The Kier molecular flexibility index (Phi) is 9.39. The van der Waals surface area contributed by atoms with Crippen LogP contribution in [-0.4, -0.2) is 103 Å². The summed E-state index contributed by atoms with van der Waals surface area (Å²) in [6.07, 6.45) is -5.05. The summed E-state index contributed by atoms with van der Waals surface area (Å²) in [6, 6.07) is 13.3. The number of esters is 2. The summed E-state index contributed by atoms with van der Waals surface area (Å²) in [5, 5.41) is 15.7. The SMILES string of the molecule is O=C(CCNC(=O)C12CC3OC(=O)C1N(Cc1ccccc1C=CC(=O)OCC(F)(F)F)OC2C1OC2(Cc4ccccc4C2)OC31)NCCO. The molecule has 3 saturated heterocycles. The smallest absolute Gasteiger partial charge is 0.422 e. The molecule has 2 amide bonds. The van der Waals surface area contributed by atoms with E-state index in [-0.39, 0.29) is 45.0 Å². The Morgan fingerprint density at radius 3 is 2.43 bits per heavy atom. The van der Waals surface area contributed by atoms with Gasteiger partial charge in [0.2, 0.25) is 11.8 Å². The molecule has 2 aliphatic carbocycles. The van der Waals surface area contributed by atoms with Gasteiger partial charge in [0.05, 0.1) is 13.2 Å². The van der Waals surface area contributed by atoms with Crippen molar-refractivity contribution in [3.05, 3.63) is 76.9 Å². The lowest BCUT2D eigenvalue weighted by Crippen LogP contribution is -2.69. The van der Waals surface area contributed by atoms with Gasteiger partial charge in [-0.25, -0.2) is 4.79 Å². The highest BCUT2D eigenvalue weighted by Crippen LogP contribution is 2.58. The zero-order chi connectivity index (χ0) is 36.0. The molecule has 1 saturated carbocycles. The minimum absolute atomic E-state index is 0.0489. The average Bonchev–Trinajstić information content (AvgIpc) is 3.77. The van der Waals surface area contributed by atoms with Crippen LogP contribution < -0.4 is 10.6 Å². The monoisotopic (exact) mass is 715 g/mol. The van der Waals surface area contributed by atoms with Crippen molar-refractivity contribution in [3.63, 3.8) is 0 Å². The molecule has 1 spiro atoms. The topological polar surface area (TPSA) is 162 Å². The van der Waals surface area contributed by atoms with Crippen molar-refractivity contribution in [2.75, 3.05) is 26.3 Å². The van der Waals surface area contributed by atoms with Crippen LogP contribution in [0.2, 0.25) is 0 Å². The summed E-state index contributed by atoms with van der Waals surface area (Å²) in [7, 11) is 0. The molecule has 272 valence electrons. The molecule has 2 aromatic carbocycles. The highest BCUT2D eigenvalue weighted by atomic mass is 19.4. The second-order valence-corrected chi connectivity index (χ2v) is 13.3. The largest absolute Gasteiger partial charge is 0.458 e. The standard InChI is InChI=1S/C35H36F3N3O10/c36-35(37,38)19-47-26(44)10-9-20-5-1-4-8-23(20)18-41-29-31(45)48-24-17-34(29,32(46)40-12-11-25(43)39-13-14-42)30(51-41)28-27(24)49-33(50-28)15-21-6-2-3-7-22(21)16-33/h1-10,24,27-30,42H,11-19H2,(H,39,43)(H,40,46). The highest BCUT2D eigenvalue weighted by molar-refractivity contribution is 5.94. The van der Waals surface area contributed by atoms with E-state index < -0.39 is 72.3 Å². The molecule has 6 atom stereocenters. The molecular weight excluding hydrogens is 679 g/mol. The Hall–Kier alpha value is -4.35. The lowest BCUT2D eigenvalue weighted by Gasteiger charge is -2.48. The van der Waals surface area contributed by atoms with E-state index in [9.17, 15) is 32.3 Å². The second-order valence-electron chi connectivity index (χ2n) is 13.3. The molecule has 6 unspecified atom stereocenters. The minimum atomic E-state index is -4.68. The van der Waals surface area contributed by atoms with Gasteiger partial charge in [-0.1, -0.05) is 48.5 Å². The van der Waals surface area contributed by atoms with Gasteiger partial charge in [0.1, 0.15) is 29.8 Å². The Morgan fingerprint density at radius 1 is 1.00 bits per heavy atom. The molecule has 4 fully saturated rings. The number of ether oxygens (including phenoxy) is 4.